The largest absolute Gasteiger partial charge is 0.467 e. The molecule has 0 saturated heterocycles. The molecule has 0 fully saturated rings. The van der Waals surface area contributed by atoms with Crippen LogP contribution in [0.1, 0.15) is 58.8 Å². The van der Waals surface area contributed by atoms with E-state index in [9.17, 15) is 9.59 Å². The summed E-state index contributed by atoms with van der Waals surface area (Å²) in [5, 5.41) is 0. The maximum absolute atomic E-state index is 12.0. The normalized spacial score (nSPS) is 14.1. The highest BCUT2D eigenvalue weighted by molar-refractivity contribution is 6.45. The Morgan fingerprint density at radius 1 is 1.12 bits per heavy atom. The summed E-state index contributed by atoms with van der Waals surface area (Å²) in [5.41, 5.74) is 0. The van der Waals surface area contributed by atoms with Crippen molar-refractivity contribution in [1.82, 2.24) is 0 Å². The summed E-state index contributed by atoms with van der Waals surface area (Å²) in [5.74, 6) is -0.818. The first-order valence-corrected chi connectivity index (χ1v) is 6.71. The second-order valence-electron chi connectivity index (χ2n) is 4.28. The number of ether oxygens (including phenoxy) is 1. The molecule has 0 rings (SSSR count). The third-order valence-corrected chi connectivity index (χ3v) is 3.39. The maximum atomic E-state index is 12.0. The predicted molar refractivity (Wildman–Crippen MR) is 69.3 cm³/mol. The molecular weight excluding hydrogens is 240 g/mol. The van der Waals surface area contributed by atoms with Crippen LogP contribution in [0.25, 0.3) is 0 Å². The van der Waals surface area contributed by atoms with Crippen molar-refractivity contribution in [2.45, 2.75) is 63.7 Å². The first kappa shape index (κ1) is 16.4. The lowest BCUT2D eigenvalue weighted by molar-refractivity contribution is -0.147. The van der Waals surface area contributed by atoms with Gasteiger partial charge in [-0.15, -0.1) is 0 Å². The third kappa shape index (κ3) is 5.07. The van der Waals surface area contributed by atoms with Crippen molar-refractivity contribution in [3.05, 3.63) is 0 Å². The predicted octanol–water partition coefficient (Wildman–Crippen LogP) is 3.48. The number of carbonyl (C=O) groups excluding carboxylic acids is 2. The number of Topliss-reactive ketones (excluding diaryl/α,β-unsaturated/α-hetero) is 1. The van der Waals surface area contributed by atoms with E-state index in [0.717, 1.165) is 32.1 Å². The highest BCUT2D eigenvalue weighted by atomic mass is 35.5. The van der Waals surface area contributed by atoms with Crippen LogP contribution in [0.2, 0.25) is 0 Å². The van der Waals surface area contributed by atoms with Crippen molar-refractivity contribution in [3.63, 3.8) is 0 Å². The lowest BCUT2D eigenvalue weighted by Gasteiger charge is -2.22. The quantitative estimate of drug-likeness (QED) is 0.277. The van der Waals surface area contributed by atoms with Crippen LogP contribution in [0.4, 0.5) is 0 Å². The molecule has 0 heterocycles. The van der Waals surface area contributed by atoms with E-state index < -0.39 is 10.8 Å². The molecular formula is C13H23ClO3. The topological polar surface area (TPSA) is 43.4 Å². The molecule has 0 saturated carbocycles. The Morgan fingerprint density at radius 3 is 2.18 bits per heavy atom. The first-order valence-electron chi connectivity index (χ1n) is 6.33. The van der Waals surface area contributed by atoms with Gasteiger partial charge in [-0.2, -0.15) is 0 Å². The number of unbranched alkanes of at least 4 members (excludes halogenated alkanes) is 3. The van der Waals surface area contributed by atoms with Gasteiger partial charge in [0.25, 0.3) is 0 Å². The average Bonchev–Trinajstić information content (AvgIpc) is 2.34. The van der Waals surface area contributed by atoms with Crippen LogP contribution in [0, 0.1) is 0 Å². The number of hydrogen-bond donors (Lipinski definition) is 0. The lowest BCUT2D eigenvalue weighted by Crippen LogP contribution is -2.42. The van der Waals surface area contributed by atoms with Gasteiger partial charge in [0.2, 0.25) is 0 Å². The molecule has 100 valence electrons. The summed E-state index contributed by atoms with van der Waals surface area (Å²) < 4.78 is 4.65. The van der Waals surface area contributed by atoms with Crippen molar-refractivity contribution >= 4 is 23.4 Å². The molecule has 0 aromatic carbocycles. The second kappa shape index (κ2) is 8.51. The highest BCUT2D eigenvalue weighted by Gasteiger charge is 2.43. The summed E-state index contributed by atoms with van der Waals surface area (Å²) >= 11 is 6.17. The molecule has 0 aliphatic carbocycles. The Balaban J connectivity index is 4.55. The molecule has 0 aliphatic heterocycles. The zero-order valence-corrected chi connectivity index (χ0v) is 11.8. The molecule has 0 aliphatic rings. The Labute approximate surface area is 109 Å². The van der Waals surface area contributed by atoms with Gasteiger partial charge in [0, 0.05) is 6.42 Å². The van der Waals surface area contributed by atoms with E-state index in [2.05, 4.69) is 11.7 Å². The monoisotopic (exact) mass is 262 g/mol. The third-order valence-electron chi connectivity index (χ3n) is 2.83. The summed E-state index contributed by atoms with van der Waals surface area (Å²) in [7, 11) is 1.27. The van der Waals surface area contributed by atoms with Gasteiger partial charge in [0.05, 0.1) is 7.11 Å². The number of hydrogen-bond acceptors (Lipinski definition) is 3. The van der Waals surface area contributed by atoms with E-state index in [-0.39, 0.29) is 5.78 Å². The molecule has 4 heteroatoms. The fourth-order valence-corrected chi connectivity index (χ4v) is 1.98. The van der Waals surface area contributed by atoms with E-state index >= 15 is 0 Å². The number of alkyl halides is 1. The SMILES string of the molecule is CCCCCC(=O)C(Cl)(CCCC)C(=O)OC. The fraction of sp³-hybridized carbons (Fsp3) is 0.846. The van der Waals surface area contributed by atoms with Gasteiger partial charge in [0.15, 0.2) is 10.7 Å². The summed E-state index contributed by atoms with van der Waals surface area (Å²) in [6.45, 7) is 4.06. The standard InChI is InChI=1S/C13H23ClO3/c1-4-6-8-9-11(15)13(14,10-7-5-2)12(16)17-3/h4-10H2,1-3H3. The van der Waals surface area contributed by atoms with Crippen LogP contribution < -0.4 is 0 Å². The van der Waals surface area contributed by atoms with E-state index in [4.69, 9.17) is 11.6 Å². The zero-order chi connectivity index (χ0) is 13.3. The van der Waals surface area contributed by atoms with Gasteiger partial charge >= 0.3 is 5.97 Å². The van der Waals surface area contributed by atoms with E-state index in [0.29, 0.717) is 12.8 Å². The van der Waals surface area contributed by atoms with Gasteiger partial charge in [-0.1, -0.05) is 51.1 Å². The van der Waals surface area contributed by atoms with Crippen LogP contribution in [-0.2, 0) is 14.3 Å². The van der Waals surface area contributed by atoms with Gasteiger partial charge in [-0.25, -0.2) is 4.79 Å². The van der Waals surface area contributed by atoms with Crippen molar-refractivity contribution in [1.29, 1.82) is 0 Å². The number of ketones is 1. The number of carbonyl (C=O) groups is 2. The molecule has 0 spiro atoms. The van der Waals surface area contributed by atoms with Gasteiger partial charge in [-0.05, 0) is 12.8 Å². The van der Waals surface area contributed by atoms with Crippen molar-refractivity contribution in [3.8, 4) is 0 Å². The minimum atomic E-state index is -1.46. The molecule has 0 aromatic rings. The lowest BCUT2D eigenvalue weighted by atomic mass is 9.93. The maximum Gasteiger partial charge on any atom is 0.334 e. The second-order valence-corrected chi connectivity index (χ2v) is 4.92. The van der Waals surface area contributed by atoms with Crippen LogP contribution in [0.5, 0.6) is 0 Å². The van der Waals surface area contributed by atoms with Crippen LogP contribution in [-0.4, -0.2) is 23.7 Å². The van der Waals surface area contributed by atoms with Crippen LogP contribution in [0.3, 0.4) is 0 Å². The smallest absolute Gasteiger partial charge is 0.334 e. The molecule has 0 amide bonds. The number of esters is 1. The average molecular weight is 263 g/mol. The minimum Gasteiger partial charge on any atom is -0.467 e. The molecule has 0 aromatic heterocycles. The van der Waals surface area contributed by atoms with E-state index in [1.165, 1.54) is 7.11 Å². The zero-order valence-electron chi connectivity index (χ0n) is 11.1. The Hall–Kier alpha value is -0.570. The summed E-state index contributed by atoms with van der Waals surface area (Å²) in [4.78, 5) is 22.2. The van der Waals surface area contributed by atoms with Gasteiger partial charge in [0.1, 0.15) is 0 Å². The van der Waals surface area contributed by atoms with Crippen molar-refractivity contribution in [2.24, 2.45) is 0 Å². The summed E-state index contributed by atoms with van der Waals surface area (Å²) in [6, 6.07) is 0. The number of halogens is 1. The van der Waals surface area contributed by atoms with E-state index in [1.807, 2.05) is 6.92 Å². The van der Waals surface area contributed by atoms with Crippen LogP contribution in [0.15, 0.2) is 0 Å². The van der Waals surface area contributed by atoms with Crippen LogP contribution >= 0.6 is 11.6 Å². The molecule has 0 N–H and O–H groups in total. The summed E-state index contributed by atoms with van der Waals surface area (Å²) in [6.07, 6.45) is 5.17. The Kier molecular flexibility index (Phi) is 8.23. The Bertz CT molecular complexity index is 253. The number of methoxy groups -OCH3 is 1. The molecule has 3 nitrogen and oxygen atoms in total. The fourth-order valence-electron chi connectivity index (χ4n) is 1.67. The minimum absolute atomic E-state index is 0.201. The van der Waals surface area contributed by atoms with Gasteiger partial charge < -0.3 is 4.74 Å². The van der Waals surface area contributed by atoms with Crippen molar-refractivity contribution in [2.75, 3.05) is 7.11 Å². The van der Waals surface area contributed by atoms with Crippen molar-refractivity contribution < 1.29 is 14.3 Å². The Morgan fingerprint density at radius 2 is 1.71 bits per heavy atom. The molecule has 0 radical (unpaired) electrons. The highest BCUT2D eigenvalue weighted by Crippen LogP contribution is 2.28. The first-order chi connectivity index (χ1) is 8.02. The van der Waals surface area contributed by atoms with Gasteiger partial charge in [-0.3, -0.25) is 4.79 Å². The van der Waals surface area contributed by atoms with E-state index in [1.54, 1.807) is 0 Å². The molecule has 1 atom stereocenters. The number of rotatable bonds is 9. The molecule has 0 bridgehead atoms. The molecule has 17 heavy (non-hydrogen) atoms. The molecule has 1 unspecified atom stereocenters.